The zero-order valence-electron chi connectivity index (χ0n) is 12.1. The van der Waals surface area contributed by atoms with Crippen LogP contribution in [0.3, 0.4) is 0 Å². The molecule has 0 saturated carbocycles. The monoisotopic (exact) mass is 331 g/mol. The Kier molecular flexibility index (Phi) is 4.60. The van der Waals surface area contributed by atoms with Crippen molar-refractivity contribution in [1.82, 2.24) is 0 Å². The summed E-state index contributed by atoms with van der Waals surface area (Å²) >= 11 is 0. The van der Waals surface area contributed by atoms with Crippen LogP contribution in [0.25, 0.3) is 6.08 Å². The van der Waals surface area contributed by atoms with Gasteiger partial charge in [0, 0.05) is 12.1 Å². The summed E-state index contributed by atoms with van der Waals surface area (Å²) in [5.74, 6) is -3.91. The number of hydrogen-bond donors (Lipinski definition) is 6. The van der Waals surface area contributed by atoms with Gasteiger partial charge in [-0.3, -0.25) is 4.79 Å². The number of nitrogens with one attached hydrogen (secondary N) is 1. The summed E-state index contributed by atoms with van der Waals surface area (Å²) in [6, 6.07) is 5.68. The summed E-state index contributed by atoms with van der Waals surface area (Å²) in [6.45, 7) is 0. The van der Waals surface area contributed by atoms with Crippen LogP contribution < -0.4 is 5.32 Å². The molecule has 1 amide bonds. The van der Waals surface area contributed by atoms with E-state index in [0.29, 0.717) is 5.56 Å². The molecular weight excluding hydrogens is 318 g/mol. The smallest absolute Gasteiger partial charge is 0.338 e. The van der Waals surface area contributed by atoms with E-state index >= 15 is 0 Å². The molecule has 0 heterocycles. The minimum Gasteiger partial charge on any atom is -0.508 e. The summed E-state index contributed by atoms with van der Waals surface area (Å²) in [4.78, 5) is 23.0. The van der Waals surface area contributed by atoms with Crippen LogP contribution in [0.1, 0.15) is 15.9 Å². The Bertz CT molecular complexity index is 843. The van der Waals surface area contributed by atoms with Gasteiger partial charge < -0.3 is 30.8 Å². The molecule has 0 aliphatic carbocycles. The second-order valence-corrected chi connectivity index (χ2v) is 4.76. The molecule has 0 bridgehead atoms. The SMILES string of the molecule is O=C(C=Cc1ccc(O)c(O)c1)Nc1c(O)cc(O)cc1C(=O)O. The van der Waals surface area contributed by atoms with Gasteiger partial charge in [0.1, 0.15) is 11.5 Å². The quantitative estimate of drug-likeness (QED) is 0.284. The fourth-order valence-electron chi connectivity index (χ4n) is 1.89. The van der Waals surface area contributed by atoms with Crippen molar-refractivity contribution in [2.24, 2.45) is 0 Å². The molecule has 2 rings (SSSR count). The first kappa shape index (κ1) is 16.7. The third-order valence-electron chi connectivity index (χ3n) is 3.01. The zero-order valence-corrected chi connectivity index (χ0v) is 12.1. The van der Waals surface area contributed by atoms with Crippen molar-refractivity contribution in [3.05, 3.63) is 47.5 Å². The highest BCUT2D eigenvalue weighted by atomic mass is 16.4. The van der Waals surface area contributed by atoms with Crippen molar-refractivity contribution in [2.75, 3.05) is 5.32 Å². The van der Waals surface area contributed by atoms with Gasteiger partial charge in [0.15, 0.2) is 11.5 Å². The number of hydrogen-bond acceptors (Lipinski definition) is 6. The van der Waals surface area contributed by atoms with E-state index < -0.39 is 28.9 Å². The van der Waals surface area contributed by atoms with Crippen LogP contribution in [0, 0.1) is 0 Å². The van der Waals surface area contributed by atoms with Crippen molar-refractivity contribution in [3.63, 3.8) is 0 Å². The number of carboxylic acids is 1. The number of aromatic carboxylic acids is 1. The summed E-state index contributed by atoms with van der Waals surface area (Å²) in [5, 5.41) is 48.8. The van der Waals surface area contributed by atoms with E-state index in [4.69, 9.17) is 5.11 Å². The number of carbonyl (C=O) groups is 2. The van der Waals surface area contributed by atoms with Crippen LogP contribution >= 0.6 is 0 Å². The van der Waals surface area contributed by atoms with Crippen LogP contribution in [-0.2, 0) is 4.79 Å². The largest absolute Gasteiger partial charge is 0.508 e. The Labute approximate surface area is 135 Å². The number of benzene rings is 2. The lowest BCUT2D eigenvalue weighted by Crippen LogP contribution is -2.12. The predicted octanol–water partition coefficient (Wildman–Crippen LogP) is 1.86. The van der Waals surface area contributed by atoms with Crippen LogP contribution in [0.15, 0.2) is 36.4 Å². The Morgan fingerprint density at radius 1 is 0.917 bits per heavy atom. The van der Waals surface area contributed by atoms with E-state index in [0.717, 1.165) is 18.2 Å². The number of phenolic OH excluding ortho intramolecular Hbond substituents is 4. The maximum Gasteiger partial charge on any atom is 0.338 e. The molecule has 6 N–H and O–H groups in total. The predicted molar refractivity (Wildman–Crippen MR) is 84.2 cm³/mol. The topological polar surface area (TPSA) is 147 Å². The van der Waals surface area contributed by atoms with E-state index in [9.17, 15) is 30.0 Å². The summed E-state index contributed by atoms with van der Waals surface area (Å²) in [5.41, 5.74) is -0.422. The Hall–Kier alpha value is -3.68. The Balaban J connectivity index is 2.22. The lowest BCUT2D eigenvalue weighted by atomic mass is 10.1. The Morgan fingerprint density at radius 3 is 2.25 bits per heavy atom. The number of amides is 1. The van der Waals surface area contributed by atoms with E-state index in [2.05, 4.69) is 5.32 Å². The summed E-state index contributed by atoms with van der Waals surface area (Å²) < 4.78 is 0. The van der Waals surface area contributed by atoms with E-state index in [1.807, 2.05) is 0 Å². The average molecular weight is 331 g/mol. The first-order valence-electron chi connectivity index (χ1n) is 6.58. The van der Waals surface area contributed by atoms with E-state index in [1.54, 1.807) is 0 Å². The molecule has 2 aromatic rings. The van der Waals surface area contributed by atoms with Crippen LogP contribution in [-0.4, -0.2) is 37.4 Å². The fraction of sp³-hybridized carbons (Fsp3) is 0. The number of anilines is 1. The van der Waals surface area contributed by atoms with Crippen molar-refractivity contribution in [1.29, 1.82) is 0 Å². The lowest BCUT2D eigenvalue weighted by molar-refractivity contribution is -0.111. The number of carboxylic acid groups (broad SMARTS) is 1. The maximum absolute atomic E-state index is 11.9. The van der Waals surface area contributed by atoms with Gasteiger partial charge in [-0.15, -0.1) is 0 Å². The van der Waals surface area contributed by atoms with Gasteiger partial charge in [0.25, 0.3) is 0 Å². The van der Waals surface area contributed by atoms with Crippen molar-refractivity contribution < 1.29 is 35.1 Å². The molecule has 0 radical (unpaired) electrons. The molecular formula is C16H13NO7. The highest BCUT2D eigenvalue weighted by Crippen LogP contribution is 2.32. The van der Waals surface area contributed by atoms with Crippen molar-refractivity contribution >= 4 is 23.6 Å². The second kappa shape index (κ2) is 6.61. The van der Waals surface area contributed by atoms with E-state index in [-0.39, 0.29) is 17.2 Å². The fourth-order valence-corrected chi connectivity index (χ4v) is 1.89. The molecule has 24 heavy (non-hydrogen) atoms. The van der Waals surface area contributed by atoms with Gasteiger partial charge in [0.2, 0.25) is 5.91 Å². The minimum atomic E-state index is -1.44. The Morgan fingerprint density at radius 2 is 1.62 bits per heavy atom. The number of carbonyl (C=O) groups excluding carboxylic acids is 1. The number of aromatic hydroxyl groups is 4. The molecule has 0 unspecified atom stereocenters. The number of rotatable bonds is 4. The van der Waals surface area contributed by atoms with Gasteiger partial charge >= 0.3 is 5.97 Å². The normalized spacial score (nSPS) is 10.7. The minimum absolute atomic E-state index is 0.309. The average Bonchev–Trinajstić information content (AvgIpc) is 2.50. The maximum atomic E-state index is 11.9. The van der Waals surface area contributed by atoms with Gasteiger partial charge in [-0.2, -0.15) is 0 Å². The van der Waals surface area contributed by atoms with Crippen molar-refractivity contribution in [3.8, 4) is 23.0 Å². The highest BCUT2D eigenvalue weighted by Gasteiger charge is 2.17. The summed E-state index contributed by atoms with van der Waals surface area (Å²) in [7, 11) is 0. The zero-order chi connectivity index (χ0) is 17.9. The number of phenols is 4. The summed E-state index contributed by atoms with van der Waals surface area (Å²) in [6.07, 6.45) is 2.36. The molecule has 0 aliphatic rings. The van der Waals surface area contributed by atoms with Gasteiger partial charge in [-0.25, -0.2) is 4.79 Å². The molecule has 8 nitrogen and oxygen atoms in total. The van der Waals surface area contributed by atoms with Crippen LogP contribution in [0.2, 0.25) is 0 Å². The standard InChI is InChI=1S/C16H13NO7/c18-9-6-10(16(23)24)15(13(21)7-9)17-14(22)4-2-8-1-3-11(19)12(20)5-8/h1-7,18-21H,(H,17,22)(H,23,24). The molecule has 0 aromatic heterocycles. The second-order valence-electron chi connectivity index (χ2n) is 4.76. The molecule has 0 fully saturated rings. The molecule has 0 saturated heterocycles. The van der Waals surface area contributed by atoms with Crippen LogP contribution in [0.4, 0.5) is 5.69 Å². The molecule has 0 spiro atoms. The third-order valence-corrected chi connectivity index (χ3v) is 3.01. The third kappa shape index (κ3) is 3.74. The molecule has 0 aliphatic heterocycles. The molecule has 124 valence electrons. The molecule has 2 aromatic carbocycles. The highest BCUT2D eigenvalue weighted by molar-refractivity contribution is 6.07. The van der Waals surface area contributed by atoms with Gasteiger partial charge in [-0.1, -0.05) is 6.07 Å². The lowest BCUT2D eigenvalue weighted by Gasteiger charge is -2.09. The van der Waals surface area contributed by atoms with Gasteiger partial charge in [0.05, 0.1) is 11.3 Å². The van der Waals surface area contributed by atoms with Crippen LogP contribution in [0.5, 0.6) is 23.0 Å². The van der Waals surface area contributed by atoms with Gasteiger partial charge in [-0.05, 0) is 29.8 Å². The van der Waals surface area contributed by atoms with E-state index in [1.165, 1.54) is 24.3 Å². The van der Waals surface area contributed by atoms with Crippen molar-refractivity contribution in [2.45, 2.75) is 0 Å². The molecule has 0 atom stereocenters. The molecule has 8 heteroatoms. The first-order chi connectivity index (χ1) is 11.3. The first-order valence-corrected chi connectivity index (χ1v) is 6.58.